The van der Waals surface area contributed by atoms with Gasteiger partial charge in [-0.3, -0.25) is 0 Å². The quantitative estimate of drug-likeness (QED) is 0.167. The maximum atomic E-state index is 6.46. The van der Waals surface area contributed by atoms with Crippen LogP contribution in [0.4, 0.5) is 17.1 Å². The standard InChI is InChI=1S/C59H49NO/c1-58(2)54-31-43(40-14-19-44(20-15-40)59-34-37-28-38(35-59)30-39(29-37)36-59)18-25-50(54)51-26-23-46(32-55(51)58)60(47-24-27-53-52-11-5-6-13-56(52)61-57(53)33-47)45-21-16-42(17-22-45)49-12-7-9-41-8-3-4-10-48(41)49/h3-27,31-33,37-39H,28-30,34-36H2,1-2H3. The molecule has 0 saturated heterocycles. The van der Waals surface area contributed by atoms with Crippen LogP contribution in [-0.4, -0.2) is 0 Å². The van der Waals surface area contributed by atoms with Crippen LogP contribution in [-0.2, 0) is 10.8 Å². The normalized spacial score (nSPS) is 21.9. The highest BCUT2D eigenvalue weighted by Gasteiger charge is 2.51. The van der Waals surface area contributed by atoms with Crippen LogP contribution in [0, 0.1) is 17.8 Å². The summed E-state index contributed by atoms with van der Waals surface area (Å²) < 4.78 is 6.46. The van der Waals surface area contributed by atoms with E-state index in [-0.39, 0.29) is 5.41 Å². The number of nitrogens with zero attached hydrogens (tertiary/aromatic N) is 1. The third-order valence-electron chi connectivity index (χ3n) is 15.6. The first kappa shape index (κ1) is 35.4. The molecule has 8 aromatic carbocycles. The molecule has 5 aliphatic rings. The van der Waals surface area contributed by atoms with E-state index in [0.29, 0.717) is 5.41 Å². The number of para-hydroxylation sites is 1. The molecule has 2 heteroatoms. The fraction of sp³-hybridized carbons (Fsp3) is 0.220. The van der Waals surface area contributed by atoms with Crippen LogP contribution in [0.25, 0.3) is 66.1 Å². The minimum atomic E-state index is -0.178. The van der Waals surface area contributed by atoms with Crippen molar-refractivity contribution in [3.63, 3.8) is 0 Å². The Morgan fingerprint density at radius 1 is 0.443 bits per heavy atom. The lowest BCUT2D eigenvalue weighted by Gasteiger charge is -2.57. The molecule has 0 N–H and O–H groups in total. The van der Waals surface area contributed by atoms with Crippen molar-refractivity contribution in [2.24, 2.45) is 17.8 Å². The number of rotatable bonds is 6. The summed E-state index contributed by atoms with van der Waals surface area (Å²) in [4.78, 5) is 2.40. The molecular formula is C59H49NO. The van der Waals surface area contributed by atoms with Crippen LogP contribution in [0.1, 0.15) is 69.1 Å². The van der Waals surface area contributed by atoms with Gasteiger partial charge in [0.05, 0.1) is 0 Å². The first-order valence-corrected chi connectivity index (χ1v) is 22.6. The number of benzene rings is 8. The number of hydrogen-bond acceptors (Lipinski definition) is 2. The molecule has 61 heavy (non-hydrogen) atoms. The Morgan fingerprint density at radius 3 is 1.79 bits per heavy atom. The molecule has 1 aromatic heterocycles. The van der Waals surface area contributed by atoms with Gasteiger partial charge in [-0.1, -0.05) is 129 Å². The molecule has 296 valence electrons. The zero-order chi connectivity index (χ0) is 40.5. The number of fused-ring (bicyclic) bond motifs is 7. The summed E-state index contributed by atoms with van der Waals surface area (Å²) in [6.45, 7) is 4.82. The monoisotopic (exact) mass is 787 g/mol. The van der Waals surface area contributed by atoms with Gasteiger partial charge in [0, 0.05) is 39.3 Å². The van der Waals surface area contributed by atoms with Crippen LogP contribution >= 0.6 is 0 Å². The Hall–Kier alpha value is -6.38. The Bertz CT molecular complexity index is 3160. The first-order valence-electron chi connectivity index (χ1n) is 22.6. The van der Waals surface area contributed by atoms with Crippen molar-refractivity contribution >= 4 is 49.8 Å². The molecule has 0 aliphatic heterocycles. The lowest BCUT2D eigenvalue weighted by Crippen LogP contribution is -2.48. The van der Waals surface area contributed by atoms with Gasteiger partial charge in [0.25, 0.3) is 0 Å². The second-order valence-corrected chi connectivity index (χ2v) is 19.6. The van der Waals surface area contributed by atoms with Crippen molar-refractivity contribution in [2.45, 2.75) is 63.2 Å². The molecule has 2 nitrogen and oxygen atoms in total. The maximum absolute atomic E-state index is 6.46. The zero-order valence-electron chi connectivity index (χ0n) is 35.0. The Balaban J connectivity index is 0.874. The molecule has 0 amide bonds. The third kappa shape index (κ3) is 5.47. The highest BCUT2D eigenvalue weighted by Crippen LogP contribution is 2.61. The lowest BCUT2D eigenvalue weighted by atomic mass is 9.48. The van der Waals surface area contributed by atoms with Crippen molar-refractivity contribution in [1.82, 2.24) is 0 Å². The van der Waals surface area contributed by atoms with Crippen molar-refractivity contribution in [3.05, 3.63) is 187 Å². The van der Waals surface area contributed by atoms with E-state index >= 15 is 0 Å². The summed E-state index contributed by atoms with van der Waals surface area (Å²) in [5, 5.41) is 4.80. The van der Waals surface area contributed by atoms with E-state index in [4.69, 9.17) is 4.42 Å². The molecule has 0 atom stereocenters. The molecule has 4 saturated carbocycles. The van der Waals surface area contributed by atoms with E-state index < -0.39 is 0 Å². The Kier molecular flexibility index (Phi) is 7.58. The van der Waals surface area contributed by atoms with E-state index in [1.165, 1.54) is 93.8 Å². The minimum absolute atomic E-state index is 0.178. The van der Waals surface area contributed by atoms with Crippen LogP contribution in [0.5, 0.6) is 0 Å². The highest BCUT2D eigenvalue weighted by atomic mass is 16.3. The average molecular weight is 788 g/mol. The van der Waals surface area contributed by atoms with Gasteiger partial charge in [0.2, 0.25) is 0 Å². The van der Waals surface area contributed by atoms with Gasteiger partial charge in [-0.15, -0.1) is 0 Å². The smallest absolute Gasteiger partial charge is 0.137 e. The SMILES string of the molecule is CC1(C)c2cc(-c3ccc(C45CC6CC(CC(C6)C4)C5)cc3)ccc2-c2ccc(N(c3ccc(-c4cccc5ccccc45)cc3)c3ccc4c(c3)oc3ccccc34)cc21. The summed E-state index contributed by atoms with van der Waals surface area (Å²) in [6.07, 6.45) is 8.70. The van der Waals surface area contributed by atoms with E-state index in [9.17, 15) is 0 Å². The molecule has 1 heterocycles. The highest BCUT2D eigenvalue weighted by molar-refractivity contribution is 6.06. The molecule has 9 aromatic rings. The largest absolute Gasteiger partial charge is 0.456 e. The van der Waals surface area contributed by atoms with E-state index in [1.54, 1.807) is 5.56 Å². The predicted molar refractivity (Wildman–Crippen MR) is 254 cm³/mol. The number of anilines is 3. The fourth-order valence-electron chi connectivity index (χ4n) is 13.1. The molecule has 0 unspecified atom stereocenters. The molecule has 0 radical (unpaired) electrons. The fourth-order valence-corrected chi connectivity index (χ4v) is 13.1. The van der Waals surface area contributed by atoms with E-state index in [2.05, 4.69) is 183 Å². The zero-order valence-corrected chi connectivity index (χ0v) is 35.0. The van der Waals surface area contributed by atoms with Gasteiger partial charge in [-0.2, -0.15) is 0 Å². The van der Waals surface area contributed by atoms with Gasteiger partial charge in [-0.05, 0) is 171 Å². The molecule has 4 bridgehead atoms. The molecule has 14 rings (SSSR count). The average Bonchev–Trinajstić information content (AvgIpc) is 3.77. The van der Waals surface area contributed by atoms with Gasteiger partial charge >= 0.3 is 0 Å². The molecule has 0 spiro atoms. The summed E-state index contributed by atoms with van der Waals surface area (Å²) in [5.41, 5.74) is 17.5. The molecular weight excluding hydrogens is 739 g/mol. The Labute approximate surface area is 358 Å². The summed E-state index contributed by atoms with van der Waals surface area (Å²) in [5.74, 6) is 2.88. The van der Waals surface area contributed by atoms with Crippen LogP contribution in [0.15, 0.2) is 174 Å². The second kappa shape index (κ2) is 13.1. The second-order valence-electron chi connectivity index (χ2n) is 19.6. The number of hydrogen-bond donors (Lipinski definition) is 0. The Morgan fingerprint density at radius 2 is 1.02 bits per heavy atom. The lowest BCUT2D eigenvalue weighted by molar-refractivity contribution is -0.00518. The third-order valence-corrected chi connectivity index (χ3v) is 15.6. The van der Waals surface area contributed by atoms with E-state index in [1.807, 2.05) is 6.07 Å². The van der Waals surface area contributed by atoms with Crippen LogP contribution < -0.4 is 4.90 Å². The van der Waals surface area contributed by atoms with Gasteiger partial charge < -0.3 is 9.32 Å². The van der Waals surface area contributed by atoms with Crippen LogP contribution in [0.3, 0.4) is 0 Å². The van der Waals surface area contributed by atoms with Crippen molar-refractivity contribution < 1.29 is 4.42 Å². The van der Waals surface area contributed by atoms with Crippen molar-refractivity contribution in [1.29, 1.82) is 0 Å². The minimum Gasteiger partial charge on any atom is -0.456 e. The van der Waals surface area contributed by atoms with Gasteiger partial charge in [0.15, 0.2) is 0 Å². The first-order chi connectivity index (χ1) is 29.9. The predicted octanol–water partition coefficient (Wildman–Crippen LogP) is 16.3. The number of furan rings is 1. The van der Waals surface area contributed by atoms with Crippen LogP contribution in [0.2, 0.25) is 0 Å². The van der Waals surface area contributed by atoms with Crippen molar-refractivity contribution in [3.8, 4) is 33.4 Å². The van der Waals surface area contributed by atoms with Gasteiger partial charge in [0.1, 0.15) is 11.2 Å². The summed E-state index contributed by atoms with van der Waals surface area (Å²) in [7, 11) is 0. The summed E-state index contributed by atoms with van der Waals surface area (Å²) in [6, 6.07) is 63.5. The van der Waals surface area contributed by atoms with Gasteiger partial charge in [-0.25, -0.2) is 0 Å². The van der Waals surface area contributed by atoms with Crippen molar-refractivity contribution in [2.75, 3.05) is 4.90 Å². The summed E-state index contributed by atoms with van der Waals surface area (Å²) >= 11 is 0. The maximum Gasteiger partial charge on any atom is 0.137 e. The molecule has 4 fully saturated rings. The molecule has 5 aliphatic carbocycles. The topological polar surface area (TPSA) is 16.4 Å². The van der Waals surface area contributed by atoms with E-state index in [0.717, 1.165) is 56.8 Å².